The van der Waals surface area contributed by atoms with E-state index in [9.17, 15) is 5.11 Å². The van der Waals surface area contributed by atoms with E-state index >= 15 is 0 Å². The molecule has 1 aliphatic carbocycles. The molecule has 1 heterocycles. The van der Waals surface area contributed by atoms with Crippen LogP contribution in [0.5, 0.6) is 0 Å². The van der Waals surface area contributed by atoms with Gasteiger partial charge in [0.15, 0.2) is 0 Å². The fourth-order valence-electron chi connectivity index (χ4n) is 2.67. The quantitative estimate of drug-likeness (QED) is 0.815. The van der Waals surface area contributed by atoms with Crippen molar-refractivity contribution < 1.29 is 5.11 Å². The monoisotopic (exact) mass is 224 g/mol. The summed E-state index contributed by atoms with van der Waals surface area (Å²) in [7, 11) is 0. The maximum Gasteiger partial charge on any atom is 0.0723 e. The molecule has 0 radical (unpaired) electrons. The molecule has 0 spiro atoms. The van der Waals surface area contributed by atoms with Gasteiger partial charge in [0.05, 0.1) is 5.60 Å². The van der Waals surface area contributed by atoms with Crippen LogP contribution in [0.25, 0.3) is 0 Å². The van der Waals surface area contributed by atoms with Crippen molar-refractivity contribution in [1.29, 1.82) is 0 Å². The summed E-state index contributed by atoms with van der Waals surface area (Å²) in [5.41, 5.74) is -0.456. The molecule has 2 heteroatoms. The van der Waals surface area contributed by atoms with E-state index in [-0.39, 0.29) is 0 Å². The van der Waals surface area contributed by atoms with Crippen LogP contribution < -0.4 is 0 Å². The average Bonchev–Trinajstić information content (AvgIpc) is 2.64. The first-order valence-corrected chi connectivity index (χ1v) is 6.73. The van der Waals surface area contributed by atoms with E-state index in [1.54, 1.807) is 11.3 Å². The smallest absolute Gasteiger partial charge is 0.0723 e. The Balaban J connectivity index is 2.09. The average molecular weight is 224 g/mol. The van der Waals surface area contributed by atoms with Crippen molar-refractivity contribution >= 4 is 11.3 Å². The van der Waals surface area contributed by atoms with Crippen LogP contribution in [-0.4, -0.2) is 10.7 Å². The number of hydrogen-bond donors (Lipinski definition) is 1. The highest BCUT2D eigenvalue weighted by atomic mass is 32.1. The summed E-state index contributed by atoms with van der Waals surface area (Å²) in [4.78, 5) is 1.32. The highest BCUT2D eigenvalue weighted by Crippen LogP contribution is 2.39. The van der Waals surface area contributed by atoms with Gasteiger partial charge in [0.1, 0.15) is 0 Å². The highest BCUT2D eigenvalue weighted by Gasteiger charge is 2.38. The van der Waals surface area contributed by atoms with Crippen LogP contribution >= 0.6 is 11.3 Å². The second-order valence-electron chi connectivity index (χ2n) is 5.15. The lowest BCUT2D eigenvalue weighted by molar-refractivity contribution is -0.0554. The first-order chi connectivity index (χ1) is 7.10. The maximum absolute atomic E-state index is 10.7. The second kappa shape index (κ2) is 4.26. The van der Waals surface area contributed by atoms with Gasteiger partial charge in [-0.1, -0.05) is 26.3 Å². The summed E-state index contributed by atoms with van der Waals surface area (Å²) in [6.45, 7) is 4.45. The van der Waals surface area contributed by atoms with Crippen LogP contribution in [-0.2, 0) is 6.42 Å². The Kier molecular flexibility index (Phi) is 3.17. The number of aliphatic hydroxyl groups is 1. The number of hydrogen-bond acceptors (Lipinski definition) is 2. The van der Waals surface area contributed by atoms with Crippen molar-refractivity contribution in [3.8, 4) is 0 Å². The summed E-state index contributed by atoms with van der Waals surface area (Å²) in [6, 6.07) is 4.20. The normalized spacial score (nSPS) is 36.7. The molecule has 1 aliphatic rings. The minimum absolute atomic E-state index is 0.441. The minimum Gasteiger partial charge on any atom is -0.389 e. The van der Waals surface area contributed by atoms with Gasteiger partial charge in [0, 0.05) is 11.3 Å². The molecule has 1 saturated carbocycles. The molecule has 1 fully saturated rings. The third-order valence-corrected chi connectivity index (χ3v) is 4.65. The zero-order valence-corrected chi connectivity index (χ0v) is 10.4. The third-order valence-electron chi connectivity index (χ3n) is 3.77. The van der Waals surface area contributed by atoms with Crippen LogP contribution in [0.4, 0.5) is 0 Å². The van der Waals surface area contributed by atoms with E-state index in [0.29, 0.717) is 11.8 Å². The molecule has 0 bridgehead atoms. The van der Waals surface area contributed by atoms with Gasteiger partial charge in [-0.15, -0.1) is 11.3 Å². The van der Waals surface area contributed by atoms with Crippen molar-refractivity contribution in [2.75, 3.05) is 0 Å². The van der Waals surface area contributed by atoms with E-state index in [1.165, 1.54) is 17.7 Å². The Hall–Kier alpha value is -0.340. The van der Waals surface area contributed by atoms with Crippen LogP contribution in [0.2, 0.25) is 0 Å². The fourth-order valence-corrected chi connectivity index (χ4v) is 3.49. The molecule has 3 atom stereocenters. The molecular formula is C13H20OS. The SMILES string of the molecule is CC1CCC(C)C(O)(Cc2cccs2)C1. The molecule has 15 heavy (non-hydrogen) atoms. The van der Waals surface area contributed by atoms with Crippen molar-refractivity contribution in [2.24, 2.45) is 11.8 Å². The van der Waals surface area contributed by atoms with Crippen molar-refractivity contribution in [2.45, 2.75) is 45.1 Å². The summed E-state index contributed by atoms with van der Waals surface area (Å²) in [5.74, 6) is 1.11. The summed E-state index contributed by atoms with van der Waals surface area (Å²) in [5, 5.41) is 12.8. The van der Waals surface area contributed by atoms with Gasteiger partial charge < -0.3 is 5.11 Å². The van der Waals surface area contributed by atoms with Crippen molar-refractivity contribution in [3.05, 3.63) is 22.4 Å². The topological polar surface area (TPSA) is 20.2 Å². The molecule has 1 aromatic rings. The van der Waals surface area contributed by atoms with Crippen LogP contribution in [0.3, 0.4) is 0 Å². The first-order valence-electron chi connectivity index (χ1n) is 5.85. The molecule has 84 valence electrons. The molecule has 3 unspecified atom stereocenters. The molecule has 1 nitrogen and oxygen atoms in total. The van der Waals surface area contributed by atoms with Gasteiger partial charge in [-0.2, -0.15) is 0 Å². The van der Waals surface area contributed by atoms with Crippen LogP contribution in [0.1, 0.15) is 38.0 Å². The molecule has 0 saturated heterocycles. The van der Waals surface area contributed by atoms with Gasteiger partial charge in [-0.3, -0.25) is 0 Å². The van der Waals surface area contributed by atoms with E-state index in [1.807, 2.05) is 0 Å². The Morgan fingerprint density at radius 1 is 1.47 bits per heavy atom. The van der Waals surface area contributed by atoms with E-state index in [4.69, 9.17) is 0 Å². The maximum atomic E-state index is 10.7. The van der Waals surface area contributed by atoms with Gasteiger partial charge in [0.25, 0.3) is 0 Å². The minimum atomic E-state index is -0.456. The van der Waals surface area contributed by atoms with Gasteiger partial charge >= 0.3 is 0 Å². The Morgan fingerprint density at radius 2 is 2.27 bits per heavy atom. The van der Waals surface area contributed by atoms with Crippen LogP contribution in [0.15, 0.2) is 17.5 Å². The Bertz CT molecular complexity index is 306. The van der Waals surface area contributed by atoms with E-state index in [2.05, 4.69) is 31.4 Å². The fraction of sp³-hybridized carbons (Fsp3) is 0.692. The zero-order chi connectivity index (χ0) is 10.9. The van der Waals surface area contributed by atoms with Crippen molar-refractivity contribution in [1.82, 2.24) is 0 Å². The first kappa shape index (κ1) is 11.2. The lowest BCUT2D eigenvalue weighted by Gasteiger charge is -2.41. The second-order valence-corrected chi connectivity index (χ2v) is 6.18. The van der Waals surface area contributed by atoms with Gasteiger partial charge in [-0.05, 0) is 36.1 Å². The standard InChI is InChI=1S/C13H20OS/c1-10-5-6-11(2)13(14,8-10)9-12-4-3-7-15-12/h3-4,7,10-11,14H,5-6,8-9H2,1-2H3. The largest absolute Gasteiger partial charge is 0.389 e. The Morgan fingerprint density at radius 3 is 2.93 bits per heavy atom. The summed E-state index contributed by atoms with van der Waals surface area (Å²) < 4.78 is 0. The Labute approximate surface area is 96.1 Å². The number of thiophene rings is 1. The van der Waals surface area contributed by atoms with Crippen LogP contribution in [0, 0.1) is 11.8 Å². The molecule has 0 aromatic carbocycles. The third kappa shape index (κ3) is 2.43. The highest BCUT2D eigenvalue weighted by molar-refractivity contribution is 7.09. The predicted octanol–water partition coefficient (Wildman–Crippen LogP) is 3.48. The number of rotatable bonds is 2. The molecular weight excluding hydrogens is 204 g/mol. The summed E-state index contributed by atoms with van der Waals surface area (Å²) in [6.07, 6.45) is 4.25. The predicted molar refractivity (Wildman–Crippen MR) is 65.2 cm³/mol. The molecule has 0 amide bonds. The molecule has 2 rings (SSSR count). The lowest BCUT2D eigenvalue weighted by atomic mass is 9.70. The molecule has 1 N–H and O–H groups in total. The van der Waals surface area contributed by atoms with E-state index in [0.717, 1.165) is 12.8 Å². The lowest BCUT2D eigenvalue weighted by Crippen LogP contribution is -2.43. The van der Waals surface area contributed by atoms with Gasteiger partial charge in [-0.25, -0.2) is 0 Å². The molecule has 1 aromatic heterocycles. The summed E-state index contributed by atoms with van der Waals surface area (Å²) >= 11 is 1.76. The van der Waals surface area contributed by atoms with Gasteiger partial charge in [0.2, 0.25) is 0 Å². The van der Waals surface area contributed by atoms with Crippen molar-refractivity contribution in [3.63, 3.8) is 0 Å². The zero-order valence-electron chi connectivity index (χ0n) is 9.57. The molecule has 0 aliphatic heterocycles. The van der Waals surface area contributed by atoms with E-state index < -0.39 is 5.60 Å².